The minimum absolute atomic E-state index is 0.0227. The van der Waals surface area contributed by atoms with Crippen LogP contribution in [0.4, 0.5) is 4.79 Å². The number of rotatable bonds is 5. The second-order valence-electron chi connectivity index (χ2n) is 7.12. The second-order valence-corrected chi connectivity index (χ2v) is 8.04. The number of hydrogen-bond donors (Lipinski definition) is 1. The van der Waals surface area contributed by atoms with Crippen LogP contribution in [0.3, 0.4) is 0 Å². The molecule has 1 aliphatic heterocycles. The molecule has 26 heavy (non-hydrogen) atoms. The minimum atomic E-state index is -0.865. The van der Waals surface area contributed by atoms with Gasteiger partial charge >= 0.3 is 6.09 Å². The van der Waals surface area contributed by atoms with Gasteiger partial charge in [0, 0.05) is 6.42 Å². The number of ether oxygens (including phenoxy) is 1. The Balaban J connectivity index is 2.10. The summed E-state index contributed by atoms with van der Waals surface area (Å²) in [6.45, 7) is 5.24. The van der Waals surface area contributed by atoms with Gasteiger partial charge in [-0.05, 0) is 48.7 Å². The molecule has 8 heteroatoms. The number of carbonyl (C=O) groups is 2. The van der Waals surface area contributed by atoms with Crippen molar-refractivity contribution in [1.82, 2.24) is 4.90 Å². The lowest BCUT2D eigenvalue weighted by Crippen LogP contribution is -2.51. The Kier molecular flexibility index (Phi) is 6.77. The number of benzene rings is 1. The van der Waals surface area contributed by atoms with Gasteiger partial charge < -0.3 is 15.3 Å². The molecule has 1 heterocycles. The Morgan fingerprint density at radius 1 is 1.38 bits per heavy atom. The van der Waals surface area contributed by atoms with Gasteiger partial charge in [0.05, 0.1) is 12.6 Å². The predicted octanol–water partition coefficient (Wildman–Crippen LogP) is 2.82. The first-order valence-corrected chi connectivity index (χ1v) is 9.17. The predicted molar refractivity (Wildman–Crippen MR) is 102 cm³/mol. The van der Waals surface area contributed by atoms with E-state index in [4.69, 9.17) is 15.3 Å². The number of nitrogens with two attached hydrogens (primary N) is 1. The minimum Gasteiger partial charge on any atom is -0.443 e. The Morgan fingerprint density at radius 2 is 2.04 bits per heavy atom. The molecule has 1 aromatic carbocycles. The molecule has 0 aromatic heterocycles. The molecule has 0 radical (unpaired) electrons. The summed E-state index contributed by atoms with van der Waals surface area (Å²) in [5.41, 5.74) is 6.26. The normalized spacial score (nSPS) is 17.9. The fourth-order valence-corrected chi connectivity index (χ4v) is 2.87. The first kappa shape index (κ1) is 20.4. The summed E-state index contributed by atoms with van der Waals surface area (Å²) in [6.07, 6.45) is -0.368. The molecule has 0 bridgehead atoms. The van der Waals surface area contributed by atoms with Crippen LogP contribution in [0.5, 0.6) is 0 Å². The van der Waals surface area contributed by atoms with Crippen LogP contribution in [0.1, 0.15) is 32.8 Å². The fraction of sp³-hybridized carbons (Fsp3) is 0.500. The van der Waals surface area contributed by atoms with E-state index in [1.54, 1.807) is 20.8 Å². The number of amides is 2. The van der Waals surface area contributed by atoms with Crippen molar-refractivity contribution >= 4 is 32.6 Å². The lowest BCUT2D eigenvalue weighted by Gasteiger charge is -2.29. The van der Waals surface area contributed by atoms with Gasteiger partial charge in [0.25, 0.3) is 0 Å². The van der Waals surface area contributed by atoms with Crippen molar-refractivity contribution in [1.29, 1.82) is 0 Å². The van der Waals surface area contributed by atoms with Crippen molar-refractivity contribution in [2.24, 2.45) is 10.9 Å². The topological polar surface area (TPSA) is 94.2 Å². The van der Waals surface area contributed by atoms with Crippen molar-refractivity contribution in [3.05, 3.63) is 35.9 Å². The second kappa shape index (κ2) is 8.64. The number of imide groups is 1. The Bertz CT molecular complexity index is 673. The third-order valence-corrected chi connectivity index (χ3v) is 4.05. The molecule has 0 saturated carbocycles. The molecule has 0 spiro atoms. The van der Waals surface area contributed by atoms with Gasteiger partial charge in [0.2, 0.25) is 5.91 Å². The molecule has 142 valence electrons. The van der Waals surface area contributed by atoms with E-state index in [-0.39, 0.29) is 6.54 Å². The van der Waals surface area contributed by atoms with Crippen LogP contribution in [0.2, 0.25) is 0 Å². The lowest BCUT2D eigenvalue weighted by atomic mass is 10.1. The summed E-state index contributed by atoms with van der Waals surface area (Å²) >= 11 is 3.25. The van der Waals surface area contributed by atoms with Crippen LogP contribution in [-0.2, 0) is 20.8 Å². The van der Waals surface area contributed by atoms with E-state index in [2.05, 4.69) is 21.1 Å². The maximum Gasteiger partial charge on any atom is 0.417 e. The smallest absolute Gasteiger partial charge is 0.417 e. The molecule has 1 aliphatic rings. The van der Waals surface area contributed by atoms with Crippen molar-refractivity contribution in [3.8, 4) is 0 Å². The summed E-state index contributed by atoms with van der Waals surface area (Å²) in [5.74, 6) is -0.505. The molecule has 2 N–H and O–H groups in total. The van der Waals surface area contributed by atoms with Gasteiger partial charge in [-0.15, -0.1) is 0 Å². The van der Waals surface area contributed by atoms with Crippen LogP contribution in [0.15, 0.2) is 35.5 Å². The number of hydrogen-bond acceptors (Lipinski definition) is 6. The Hall–Kier alpha value is -1.93. The molecule has 2 amide bonds. The quantitative estimate of drug-likeness (QED) is 0.782. The third-order valence-electron chi connectivity index (χ3n) is 3.58. The number of oxime groups is 1. The van der Waals surface area contributed by atoms with Gasteiger partial charge in [-0.3, -0.25) is 4.79 Å². The first-order valence-electron chi connectivity index (χ1n) is 8.38. The SMILES string of the molecule is CC(C)(C)OC(=O)N(CC1CC(Br)=NO1)C(=O)[C@@H](N)Cc1ccccc1. The molecule has 0 saturated heterocycles. The average molecular weight is 426 g/mol. The Morgan fingerprint density at radius 3 is 2.58 bits per heavy atom. The number of carbonyl (C=O) groups excluding carboxylic acids is 2. The largest absolute Gasteiger partial charge is 0.443 e. The molecule has 2 atom stereocenters. The van der Waals surface area contributed by atoms with Gasteiger partial charge in [-0.2, -0.15) is 0 Å². The van der Waals surface area contributed by atoms with E-state index in [1.165, 1.54) is 0 Å². The standard InChI is InChI=1S/C18H24BrN3O4/c1-18(2,3)25-17(24)22(11-13-10-15(19)21-26-13)16(23)14(20)9-12-7-5-4-6-8-12/h4-8,13-14H,9-11,20H2,1-3H3/t13?,14-/m0/s1. The van der Waals surface area contributed by atoms with Gasteiger partial charge in [-0.25, -0.2) is 9.69 Å². The highest BCUT2D eigenvalue weighted by molar-refractivity contribution is 9.18. The summed E-state index contributed by atoms with van der Waals surface area (Å²) in [4.78, 5) is 31.6. The highest BCUT2D eigenvalue weighted by atomic mass is 79.9. The molecule has 0 aliphatic carbocycles. The molecule has 1 unspecified atom stereocenters. The maximum absolute atomic E-state index is 12.8. The summed E-state index contributed by atoms with van der Waals surface area (Å²) in [6, 6.07) is 8.54. The van der Waals surface area contributed by atoms with Crippen LogP contribution in [-0.4, -0.2) is 45.8 Å². The highest BCUT2D eigenvalue weighted by Gasteiger charge is 2.34. The molecule has 7 nitrogen and oxygen atoms in total. The zero-order chi connectivity index (χ0) is 19.3. The van der Waals surface area contributed by atoms with Crippen LogP contribution in [0.25, 0.3) is 0 Å². The van der Waals surface area contributed by atoms with Gasteiger partial charge in [0.1, 0.15) is 10.2 Å². The van der Waals surface area contributed by atoms with E-state index in [9.17, 15) is 9.59 Å². The van der Waals surface area contributed by atoms with Crippen molar-refractivity contribution in [3.63, 3.8) is 0 Å². The molecule has 2 rings (SSSR count). The molecule has 1 aromatic rings. The zero-order valence-electron chi connectivity index (χ0n) is 15.1. The first-order chi connectivity index (χ1) is 12.2. The van der Waals surface area contributed by atoms with E-state index < -0.39 is 29.7 Å². The van der Waals surface area contributed by atoms with Crippen molar-refractivity contribution in [2.45, 2.75) is 51.4 Å². The molecular formula is C18H24BrN3O4. The summed E-state index contributed by atoms with van der Waals surface area (Å²) < 4.78 is 6.00. The van der Waals surface area contributed by atoms with Crippen LogP contribution >= 0.6 is 15.9 Å². The molecule has 0 fully saturated rings. The monoisotopic (exact) mass is 425 g/mol. The lowest BCUT2D eigenvalue weighted by molar-refractivity contribution is -0.133. The fourth-order valence-electron chi connectivity index (χ4n) is 2.42. The Labute approximate surface area is 161 Å². The highest BCUT2D eigenvalue weighted by Crippen LogP contribution is 2.18. The maximum atomic E-state index is 12.8. The van der Waals surface area contributed by atoms with Gasteiger partial charge in [-0.1, -0.05) is 35.5 Å². The molecular weight excluding hydrogens is 402 g/mol. The number of halogens is 1. The van der Waals surface area contributed by atoms with E-state index in [1.807, 2.05) is 30.3 Å². The summed E-state index contributed by atoms with van der Waals surface area (Å²) in [5, 5.41) is 3.79. The van der Waals surface area contributed by atoms with E-state index >= 15 is 0 Å². The van der Waals surface area contributed by atoms with E-state index in [0.717, 1.165) is 10.5 Å². The van der Waals surface area contributed by atoms with Gasteiger partial charge in [0.15, 0.2) is 6.10 Å². The summed E-state index contributed by atoms with van der Waals surface area (Å²) in [7, 11) is 0. The van der Waals surface area contributed by atoms with Crippen LogP contribution in [0, 0.1) is 0 Å². The number of nitrogens with zero attached hydrogens (tertiary/aromatic N) is 2. The third kappa shape index (κ3) is 6.10. The zero-order valence-corrected chi connectivity index (χ0v) is 16.7. The van der Waals surface area contributed by atoms with Crippen LogP contribution < -0.4 is 5.73 Å². The average Bonchev–Trinajstić information content (AvgIpc) is 2.96. The van der Waals surface area contributed by atoms with E-state index in [0.29, 0.717) is 17.5 Å². The van der Waals surface area contributed by atoms with Crippen molar-refractivity contribution < 1.29 is 19.2 Å². The van der Waals surface area contributed by atoms with Crippen molar-refractivity contribution in [2.75, 3.05) is 6.54 Å².